The van der Waals surface area contributed by atoms with E-state index < -0.39 is 11.5 Å². The van der Waals surface area contributed by atoms with E-state index in [-0.39, 0.29) is 18.0 Å². The summed E-state index contributed by atoms with van der Waals surface area (Å²) in [6.07, 6.45) is 4.92. The number of unbranched alkanes of at least 4 members (excludes halogenated alkanes) is 4. The summed E-state index contributed by atoms with van der Waals surface area (Å²) < 4.78 is 1.47. The first-order chi connectivity index (χ1) is 17.2. The Hall–Kier alpha value is -2.16. The highest BCUT2D eigenvalue weighted by atomic mass is 32.2. The molecule has 1 aromatic carbocycles. The molecule has 200 valence electrons. The van der Waals surface area contributed by atoms with Crippen LogP contribution in [0.25, 0.3) is 0 Å². The van der Waals surface area contributed by atoms with Crippen LogP contribution in [0.15, 0.2) is 40.0 Å². The summed E-state index contributed by atoms with van der Waals surface area (Å²) >= 11 is 1.37. The van der Waals surface area contributed by atoms with Crippen LogP contribution in [0.1, 0.15) is 77.7 Å². The number of aliphatic hydroxyl groups excluding tert-OH is 1. The van der Waals surface area contributed by atoms with Crippen molar-refractivity contribution in [2.45, 2.75) is 103 Å². The molecular weight excluding hydrogens is 474 g/mol. The first-order valence-electron chi connectivity index (χ1n) is 13.1. The molecule has 8 heteroatoms. The van der Waals surface area contributed by atoms with Gasteiger partial charge in [0.25, 0.3) is 5.56 Å². The molecule has 1 amide bonds. The Kier molecular flexibility index (Phi) is 12.7. The van der Waals surface area contributed by atoms with Gasteiger partial charge in [-0.25, -0.2) is 4.98 Å². The smallest absolute Gasteiger partial charge is 0.254 e. The lowest BCUT2D eigenvalue weighted by Crippen LogP contribution is -2.38. The molecule has 1 N–H and O–H groups in total. The van der Waals surface area contributed by atoms with Crippen LogP contribution in [-0.2, 0) is 17.8 Å². The number of rotatable bonds is 15. The second-order valence-corrected chi connectivity index (χ2v) is 11.0. The van der Waals surface area contributed by atoms with Crippen molar-refractivity contribution in [3.05, 3.63) is 52.2 Å². The molecule has 36 heavy (non-hydrogen) atoms. The highest BCUT2D eigenvalue weighted by molar-refractivity contribution is 8.00. The molecule has 0 saturated carbocycles. The number of carbonyl (C=O) groups excluding carboxylic acids is 1. The first-order valence-corrected chi connectivity index (χ1v) is 14.0. The summed E-state index contributed by atoms with van der Waals surface area (Å²) in [6.45, 7) is 10.5. The second-order valence-electron chi connectivity index (χ2n) is 9.72. The minimum atomic E-state index is -1.65. The van der Waals surface area contributed by atoms with E-state index in [1.807, 2.05) is 45.0 Å². The van der Waals surface area contributed by atoms with Crippen molar-refractivity contribution in [3.63, 3.8) is 0 Å². The summed E-state index contributed by atoms with van der Waals surface area (Å²) in [5.41, 5.74) is 1.20. The van der Waals surface area contributed by atoms with E-state index in [4.69, 9.17) is 0 Å². The number of anilines is 1. The molecule has 0 aliphatic heterocycles. The van der Waals surface area contributed by atoms with E-state index in [1.165, 1.54) is 28.8 Å². The Labute approximate surface area is 220 Å². The monoisotopic (exact) mass is 516 g/mol. The number of aliphatic hydroxyl groups is 1. The number of aryl methyl sites for hydroxylation is 2. The zero-order chi connectivity index (χ0) is 26.7. The van der Waals surface area contributed by atoms with Gasteiger partial charge in [0.15, 0.2) is 0 Å². The van der Waals surface area contributed by atoms with E-state index >= 15 is 0 Å². The summed E-state index contributed by atoms with van der Waals surface area (Å²) in [5, 5.41) is 21.0. The van der Waals surface area contributed by atoms with Crippen molar-refractivity contribution >= 4 is 23.4 Å². The van der Waals surface area contributed by atoms with Gasteiger partial charge >= 0.3 is 0 Å². The highest BCUT2D eigenvalue weighted by Crippen LogP contribution is 2.30. The molecule has 0 bridgehead atoms. The standard InChI is InChI=1S/C28H42N3O4S/c1-6-8-9-10-11-16-30(27(33)19-31-25(7-2)29-21(5)18-26(31)32)22-12-14-23(15-13-22)36-24(28(34)35)17-20(3)4/h12-15,18,20,24,28,34H,6-11,16-17,19H2,1-5H3/q-1/t24-,28?/m0/s1. The van der Waals surface area contributed by atoms with Gasteiger partial charge in [0.1, 0.15) is 12.4 Å². The zero-order valence-electron chi connectivity index (χ0n) is 22.4. The van der Waals surface area contributed by atoms with Crippen LogP contribution in [0.4, 0.5) is 5.69 Å². The molecule has 0 aliphatic carbocycles. The molecule has 1 aromatic heterocycles. The van der Waals surface area contributed by atoms with Gasteiger partial charge in [-0.3, -0.25) is 14.2 Å². The van der Waals surface area contributed by atoms with E-state index in [9.17, 15) is 19.8 Å². The largest absolute Gasteiger partial charge is 0.830 e. The maximum atomic E-state index is 13.5. The number of aromatic nitrogens is 2. The van der Waals surface area contributed by atoms with E-state index in [1.54, 1.807) is 11.8 Å². The number of benzene rings is 1. The molecule has 0 spiro atoms. The van der Waals surface area contributed by atoms with Gasteiger partial charge < -0.3 is 15.1 Å². The molecule has 2 aromatic rings. The lowest BCUT2D eigenvalue weighted by atomic mass is 10.1. The molecule has 1 unspecified atom stereocenters. The molecule has 1 heterocycles. The number of nitrogens with zero attached hydrogens (tertiary/aromatic N) is 3. The Balaban J connectivity index is 2.24. The van der Waals surface area contributed by atoms with Gasteiger partial charge in [0, 0.05) is 40.6 Å². The first kappa shape index (κ1) is 30.1. The summed E-state index contributed by atoms with van der Waals surface area (Å²) in [4.78, 5) is 33.2. The molecule has 2 rings (SSSR count). The van der Waals surface area contributed by atoms with Gasteiger partial charge in [0.05, 0.1) is 0 Å². The third-order valence-corrected chi connectivity index (χ3v) is 7.34. The van der Waals surface area contributed by atoms with E-state index in [0.29, 0.717) is 36.8 Å². The molecule has 2 atom stereocenters. The van der Waals surface area contributed by atoms with Crippen LogP contribution in [-0.4, -0.2) is 38.6 Å². The van der Waals surface area contributed by atoms with Crippen molar-refractivity contribution in [2.75, 3.05) is 11.4 Å². The maximum Gasteiger partial charge on any atom is 0.254 e. The van der Waals surface area contributed by atoms with Crippen LogP contribution in [0, 0.1) is 12.8 Å². The van der Waals surface area contributed by atoms with Gasteiger partial charge in [-0.05, 0) is 56.2 Å². The minimum Gasteiger partial charge on any atom is -0.830 e. The maximum absolute atomic E-state index is 13.5. The SMILES string of the molecule is CCCCCCCN(C(=O)Cn1c(CC)nc(C)cc1=O)c1ccc(S[C@@H](CC(C)C)C([O-])O)cc1. The van der Waals surface area contributed by atoms with Crippen molar-refractivity contribution in [1.29, 1.82) is 0 Å². The second kappa shape index (κ2) is 15.2. The zero-order valence-corrected chi connectivity index (χ0v) is 23.2. The Bertz CT molecular complexity index is 1000. The molecule has 0 aliphatic rings. The molecular formula is C28H42N3O4S-. The number of hydrogen-bond donors (Lipinski definition) is 1. The van der Waals surface area contributed by atoms with Crippen LogP contribution < -0.4 is 15.6 Å². The third-order valence-electron chi connectivity index (χ3n) is 6.07. The van der Waals surface area contributed by atoms with Crippen molar-refractivity contribution in [1.82, 2.24) is 9.55 Å². The lowest BCUT2D eigenvalue weighted by molar-refractivity contribution is -0.481. The number of amides is 1. The number of thioether (sulfide) groups is 1. The van der Waals surface area contributed by atoms with Gasteiger partial charge in [-0.15, -0.1) is 11.8 Å². The van der Waals surface area contributed by atoms with Gasteiger partial charge in [0.2, 0.25) is 5.91 Å². The summed E-state index contributed by atoms with van der Waals surface area (Å²) in [7, 11) is 0. The van der Waals surface area contributed by atoms with Crippen LogP contribution in [0.3, 0.4) is 0 Å². The van der Waals surface area contributed by atoms with Crippen molar-refractivity contribution in [3.8, 4) is 0 Å². The predicted octanol–water partition coefficient (Wildman–Crippen LogP) is 4.30. The number of carbonyl (C=O) groups is 1. The number of hydrogen-bond acceptors (Lipinski definition) is 6. The third kappa shape index (κ3) is 9.37. The van der Waals surface area contributed by atoms with E-state index in [0.717, 1.165) is 36.3 Å². The topological polar surface area (TPSA) is 98.5 Å². The van der Waals surface area contributed by atoms with E-state index in [2.05, 4.69) is 11.9 Å². The Morgan fingerprint density at radius 1 is 1.14 bits per heavy atom. The summed E-state index contributed by atoms with van der Waals surface area (Å²) in [5.74, 6) is 0.759. The molecule has 0 fully saturated rings. The highest BCUT2D eigenvalue weighted by Gasteiger charge is 2.19. The predicted molar refractivity (Wildman–Crippen MR) is 145 cm³/mol. The normalized spacial score (nSPS) is 13.1. The molecule has 0 saturated heterocycles. The van der Waals surface area contributed by atoms with Gasteiger partial charge in [-0.2, -0.15) is 0 Å². The minimum absolute atomic E-state index is 0.0560. The van der Waals surface area contributed by atoms with Crippen molar-refractivity contribution in [2.24, 2.45) is 5.92 Å². The van der Waals surface area contributed by atoms with Crippen LogP contribution in [0.5, 0.6) is 0 Å². The Morgan fingerprint density at radius 2 is 1.81 bits per heavy atom. The van der Waals surface area contributed by atoms with Crippen molar-refractivity contribution < 1.29 is 15.0 Å². The van der Waals surface area contributed by atoms with Gasteiger partial charge in [-0.1, -0.05) is 53.4 Å². The fraction of sp³-hybridized carbons (Fsp3) is 0.607. The lowest BCUT2D eigenvalue weighted by Gasteiger charge is -2.28. The fourth-order valence-corrected chi connectivity index (χ4v) is 5.42. The average Bonchev–Trinajstić information content (AvgIpc) is 2.82. The molecule has 0 radical (unpaired) electrons. The fourth-order valence-electron chi connectivity index (χ4n) is 4.18. The summed E-state index contributed by atoms with van der Waals surface area (Å²) in [6, 6.07) is 9.01. The van der Waals surface area contributed by atoms with Crippen LogP contribution in [0.2, 0.25) is 0 Å². The average molecular weight is 517 g/mol. The quantitative estimate of drug-likeness (QED) is 0.215. The Morgan fingerprint density at radius 3 is 2.39 bits per heavy atom. The van der Waals surface area contributed by atoms with Crippen LogP contribution >= 0.6 is 11.8 Å². The molecule has 7 nitrogen and oxygen atoms in total.